The lowest BCUT2D eigenvalue weighted by atomic mass is 10.2. The van der Waals surface area contributed by atoms with Crippen molar-refractivity contribution in [1.82, 2.24) is 0 Å². The van der Waals surface area contributed by atoms with E-state index in [0.29, 0.717) is 15.6 Å². The van der Waals surface area contributed by atoms with Gasteiger partial charge in [-0.2, -0.15) is 5.26 Å². The molecule has 2 aromatic rings. The van der Waals surface area contributed by atoms with Crippen molar-refractivity contribution >= 4 is 35.0 Å². The predicted molar refractivity (Wildman–Crippen MR) is 76.5 cm³/mol. The van der Waals surface area contributed by atoms with Crippen molar-refractivity contribution in [3.8, 4) is 6.07 Å². The summed E-state index contributed by atoms with van der Waals surface area (Å²) in [6.45, 7) is 1.97. The highest BCUT2D eigenvalue weighted by atomic mass is 35.5. The van der Waals surface area contributed by atoms with Gasteiger partial charge in [0.15, 0.2) is 0 Å². The van der Waals surface area contributed by atoms with Crippen molar-refractivity contribution in [2.45, 2.75) is 16.7 Å². The minimum atomic E-state index is 0.660. The average molecular weight is 294 g/mol. The van der Waals surface area contributed by atoms with E-state index in [-0.39, 0.29) is 0 Å². The molecule has 4 heteroatoms. The molecule has 2 aromatic carbocycles. The van der Waals surface area contributed by atoms with Crippen LogP contribution in [0.4, 0.5) is 0 Å². The average Bonchev–Trinajstić information content (AvgIpc) is 2.36. The Labute approximate surface area is 120 Å². The van der Waals surface area contributed by atoms with Crippen molar-refractivity contribution in [3.05, 3.63) is 57.6 Å². The molecule has 0 aliphatic heterocycles. The molecule has 2 rings (SSSR count). The molecule has 0 bridgehead atoms. The van der Waals surface area contributed by atoms with E-state index in [1.54, 1.807) is 30.0 Å². The molecule has 0 atom stereocenters. The zero-order valence-electron chi connectivity index (χ0n) is 9.58. The van der Waals surface area contributed by atoms with Gasteiger partial charge in [-0.25, -0.2) is 0 Å². The fraction of sp³-hybridized carbons (Fsp3) is 0.0714. The van der Waals surface area contributed by atoms with Gasteiger partial charge in [-0.3, -0.25) is 0 Å². The fourth-order valence-electron chi connectivity index (χ4n) is 1.51. The van der Waals surface area contributed by atoms with E-state index in [1.165, 1.54) is 0 Å². The first kappa shape index (κ1) is 13.3. The summed E-state index contributed by atoms with van der Waals surface area (Å²) in [5.74, 6) is 0. The molecule has 0 aliphatic rings. The third kappa shape index (κ3) is 3.00. The monoisotopic (exact) mass is 293 g/mol. The molecule has 0 spiro atoms. The van der Waals surface area contributed by atoms with Crippen molar-refractivity contribution < 1.29 is 0 Å². The van der Waals surface area contributed by atoms with Crippen molar-refractivity contribution in [3.63, 3.8) is 0 Å². The van der Waals surface area contributed by atoms with E-state index in [2.05, 4.69) is 6.07 Å². The van der Waals surface area contributed by atoms with Crippen LogP contribution in [0.25, 0.3) is 0 Å². The lowest BCUT2D eigenvalue weighted by molar-refractivity contribution is 1.28. The molecule has 0 aliphatic carbocycles. The summed E-state index contributed by atoms with van der Waals surface area (Å²) in [7, 11) is 0. The van der Waals surface area contributed by atoms with Crippen LogP contribution in [-0.4, -0.2) is 0 Å². The van der Waals surface area contributed by atoms with Crippen LogP contribution < -0.4 is 0 Å². The SMILES string of the molecule is Cc1cc(C#N)ccc1Sc1cc(Cl)ccc1Cl. The quantitative estimate of drug-likeness (QED) is 0.748. The van der Waals surface area contributed by atoms with E-state index in [9.17, 15) is 0 Å². The van der Waals surface area contributed by atoms with E-state index in [1.807, 2.05) is 25.1 Å². The molecular weight excluding hydrogens is 285 g/mol. The molecule has 0 fully saturated rings. The first-order valence-electron chi connectivity index (χ1n) is 5.24. The molecule has 0 N–H and O–H groups in total. The van der Waals surface area contributed by atoms with Crippen molar-refractivity contribution in [1.29, 1.82) is 5.26 Å². The van der Waals surface area contributed by atoms with E-state index in [4.69, 9.17) is 28.5 Å². The number of nitriles is 1. The van der Waals surface area contributed by atoms with Crippen molar-refractivity contribution in [2.75, 3.05) is 0 Å². The smallest absolute Gasteiger partial charge is 0.0991 e. The number of benzene rings is 2. The molecule has 0 heterocycles. The third-order valence-corrected chi connectivity index (χ3v) is 4.33. The lowest BCUT2D eigenvalue weighted by Gasteiger charge is -2.07. The number of nitrogens with zero attached hydrogens (tertiary/aromatic N) is 1. The fourth-order valence-corrected chi connectivity index (χ4v) is 2.92. The Bertz CT molecular complexity index is 632. The van der Waals surface area contributed by atoms with Gasteiger partial charge in [-0.05, 0) is 48.9 Å². The van der Waals surface area contributed by atoms with Gasteiger partial charge >= 0.3 is 0 Å². The minimum Gasteiger partial charge on any atom is -0.192 e. The number of halogens is 2. The van der Waals surface area contributed by atoms with Crippen LogP contribution in [0.15, 0.2) is 46.2 Å². The summed E-state index contributed by atoms with van der Waals surface area (Å²) in [4.78, 5) is 1.98. The largest absolute Gasteiger partial charge is 0.192 e. The summed E-state index contributed by atoms with van der Waals surface area (Å²) in [5.41, 5.74) is 1.71. The normalized spacial score (nSPS) is 10.1. The van der Waals surface area contributed by atoms with E-state index < -0.39 is 0 Å². The Morgan fingerprint density at radius 3 is 2.50 bits per heavy atom. The third-order valence-electron chi connectivity index (χ3n) is 2.42. The highest BCUT2D eigenvalue weighted by Gasteiger charge is 2.06. The molecule has 0 unspecified atom stereocenters. The Balaban J connectivity index is 2.34. The van der Waals surface area contributed by atoms with E-state index >= 15 is 0 Å². The number of hydrogen-bond acceptors (Lipinski definition) is 2. The van der Waals surface area contributed by atoms with Gasteiger partial charge in [-0.1, -0.05) is 35.0 Å². The summed E-state index contributed by atoms with van der Waals surface area (Å²) in [5, 5.41) is 10.2. The zero-order valence-corrected chi connectivity index (χ0v) is 11.9. The Hall–Kier alpha value is -1.14. The van der Waals surface area contributed by atoms with Crippen LogP contribution in [-0.2, 0) is 0 Å². The standard InChI is InChI=1S/C14H9Cl2NS/c1-9-6-10(8-17)2-5-13(9)18-14-7-11(15)3-4-12(14)16/h2-7H,1H3. The van der Waals surface area contributed by atoms with Gasteiger partial charge in [0.25, 0.3) is 0 Å². The van der Waals surface area contributed by atoms with Crippen LogP contribution in [0.5, 0.6) is 0 Å². The Kier molecular flexibility index (Phi) is 4.19. The van der Waals surface area contributed by atoms with Gasteiger partial charge in [0.1, 0.15) is 0 Å². The van der Waals surface area contributed by atoms with Gasteiger partial charge in [-0.15, -0.1) is 0 Å². The van der Waals surface area contributed by atoms with Gasteiger partial charge in [0.05, 0.1) is 16.7 Å². The minimum absolute atomic E-state index is 0.660. The maximum atomic E-state index is 8.83. The number of hydrogen-bond donors (Lipinski definition) is 0. The van der Waals surface area contributed by atoms with Crippen LogP contribution in [0, 0.1) is 18.3 Å². The van der Waals surface area contributed by atoms with Crippen LogP contribution in [0.1, 0.15) is 11.1 Å². The zero-order chi connectivity index (χ0) is 13.1. The second kappa shape index (κ2) is 5.67. The molecule has 0 aromatic heterocycles. The topological polar surface area (TPSA) is 23.8 Å². The Morgan fingerprint density at radius 2 is 1.83 bits per heavy atom. The van der Waals surface area contributed by atoms with E-state index in [0.717, 1.165) is 15.4 Å². The van der Waals surface area contributed by atoms with Crippen molar-refractivity contribution in [2.24, 2.45) is 0 Å². The number of aryl methyl sites for hydroxylation is 1. The molecule has 0 amide bonds. The summed E-state index contributed by atoms with van der Waals surface area (Å²) >= 11 is 13.6. The van der Waals surface area contributed by atoms with Crippen LogP contribution in [0.2, 0.25) is 10.0 Å². The highest BCUT2D eigenvalue weighted by molar-refractivity contribution is 7.99. The van der Waals surface area contributed by atoms with Crippen LogP contribution in [0.3, 0.4) is 0 Å². The van der Waals surface area contributed by atoms with Crippen LogP contribution >= 0.6 is 35.0 Å². The molecule has 0 saturated heterocycles. The molecule has 0 saturated carbocycles. The first-order chi connectivity index (χ1) is 8.60. The maximum Gasteiger partial charge on any atom is 0.0991 e. The van der Waals surface area contributed by atoms with Gasteiger partial charge in [0.2, 0.25) is 0 Å². The molecule has 90 valence electrons. The molecule has 1 nitrogen and oxygen atoms in total. The second-order valence-corrected chi connectivity index (χ2v) is 5.70. The van der Waals surface area contributed by atoms with Gasteiger partial charge in [0, 0.05) is 14.8 Å². The Morgan fingerprint density at radius 1 is 1.06 bits per heavy atom. The molecule has 18 heavy (non-hydrogen) atoms. The van der Waals surface area contributed by atoms with Gasteiger partial charge < -0.3 is 0 Å². The first-order valence-corrected chi connectivity index (χ1v) is 6.81. The lowest BCUT2D eigenvalue weighted by Crippen LogP contribution is -1.83. The summed E-state index contributed by atoms with van der Waals surface area (Å²) < 4.78 is 0. The molecule has 0 radical (unpaired) electrons. The summed E-state index contributed by atoms with van der Waals surface area (Å²) in [6.07, 6.45) is 0. The number of rotatable bonds is 2. The summed E-state index contributed by atoms with van der Waals surface area (Å²) in [6, 6.07) is 13.1. The molecular formula is C14H9Cl2NS. The highest BCUT2D eigenvalue weighted by Crippen LogP contribution is 2.36. The predicted octanol–water partition coefficient (Wildman–Crippen LogP) is 5.32. The second-order valence-electron chi connectivity index (χ2n) is 3.77. The maximum absolute atomic E-state index is 8.83.